The van der Waals surface area contributed by atoms with E-state index in [0.29, 0.717) is 24.2 Å². The number of fused-ring (bicyclic) bond motifs is 1. The molecule has 10 heteroatoms. The van der Waals surface area contributed by atoms with Crippen molar-refractivity contribution in [3.8, 4) is 0 Å². The van der Waals surface area contributed by atoms with Crippen LogP contribution in [-0.4, -0.2) is 30.4 Å². The molecule has 0 saturated carbocycles. The molecule has 2 unspecified atom stereocenters. The molecule has 1 N–H and O–H groups in total. The van der Waals surface area contributed by atoms with E-state index in [4.69, 9.17) is 0 Å². The van der Waals surface area contributed by atoms with Crippen LogP contribution in [0.3, 0.4) is 0 Å². The summed E-state index contributed by atoms with van der Waals surface area (Å²) in [6.45, 7) is 1.80. The van der Waals surface area contributed by atoms with E-state index in [2.05, 4.69) is 10.1 Å². The van der Waals surface area contributed by atoms with Crippen molar-refractivity contribution in [1.29, 1.82) is 0 Å². The first-order valence-electron chi connectivity index (χ1n) is 7.60. The van der Waals surface area contributed by atoms with Crippen molar-refractivity contribution < 1.29 is 23.1 Å². The minimum Gasteiger partial charge on any atom is -0.480 e. The van der Waals surface area contributed by atoms with E-state index in [1.54, 1.807) is 0 Å². The number of aliphatic carboxylic acids is 1. The van der Waals surface area contributed by atoms with Crippen LogP contribution in [0.5, 0.6) is 0 Å². The van der Waals surface area contributed by atoms with Gasteiger partial charge in [0.1, 0.15) is 17.6 Å². The normalized spacial score (nSPS) is 20.3. The van der Waals surface area contributed by atoms with Crippen molar-refractivity contribution >= 4 is 5.97 Å². The molecule has 1 aliphatic rings. The molecule has 134 valence electrons. The molecule has 0 spiro atoms. The lowest BCUT2D eigenvalue weighted by molar-refractivity contribution is -0.142. The van der Waals surface area contributed by atoms with Gasteiger partial charge in [0.05, 0.1) is 6.54 Å². The summed E-state index contributed by atoms with van der Waals surface area (Å²) < 4.78 is 39.8. The lowest BCUT2D eigenvalue weighted by atomic mass is 9.94. The molecule has 0 aliphatic carbocycles. The van der Waals surface area contributed by atoms with E-state index in [-0.39, 0.29) is 12.5 Å². The van der Waals surface area contributed by atoms with Crippen LogP contribution in [0.1, 0.15) is 36.5 Å². The summed E-state index contributed by atoms with van der Waals surface area (Å²) in [4.78, 5) is 27.2. The number of halogens is 3. The average Bonchev–Trinajstić information content (AvgIpc) is 2.82. The predicted molar refractivity (Wildman–Crippen MR) is 79.0 cm³/mol. The highest BCUT2D eigenvalue weighted by Crippen LogP contribution is 2.28. The number of rotatable bonds is 3. The standard InChI is InChI=1S/C15H15F3N4O3/c1-8-4-10(13(23)24)22-12(5-8)20-21(14(22)25)7-9-2-3-11(19-6-9)15(16,17)18/h2-3,6,8,10H,4-5,7H2,1H3,(H,23,24). The lowest BCUT2D eigenvalue weighted by Crippen LogP contribution is -2.36. The third kappa shape index (κ3) is 3.28. The molecule has 0 fully saturated rings. The van der Waals surface area contributed by atoms with Crippen LogP contribution in [0.25, 0.3) is 0 Å². The smallest absolute Gasteiger partial charge is 0.433 e. The number of aromatic nitrogens is 4. The molecule has 3 heterocycles. The zero-order valence-electron chi connectivity index (χ0n) is 13.2. The van der Waals surface area contributed by atoms with Crippen LogP contribution in [0.4, 0.5) is 13.2 Å². The zero-order valence-corrected chi connectivity index (χ0v) is 13.2. The fourth-order valence-electron chi connectivity index (χ4n) is 2.97. The number of hydrogen-bond acceptors (Lipinski definition) is 4. The molecule has 25 heavy (non-hydrogen) atoms. The van der Waals surface area contributed by atoms with Gasteiger partial charge in [0, 0.05) is 12.6 Å². The Bertz CT molecular complexity index is 854. The third-order valence-electron chi connectivity index (χ3n) is 4.14. The summed E-state index contributed by atoms with van der Waals surface area (Å²) in [6.07, 6.45) is -2.70. The van der Waals surface area contributed by atoms with E-state index in [1.807, 2.05) is 6.92 Å². The Morgan fingerprint density at radius 2 is 2.12 bits per heavy atom. The molecule has 7 nitrogen and oxygen atoms in total. The summed E-state index contributed by atoms with van der Waals surface area (Å²) in [6, 6.07) is 1.07. The summed E-state index contributed by atoms with van der Waals surface area (Å²) >= 11 is 0. The molecule has 3 rings (SSSR count). The Kier molecular flexibility index (Phi) is 4.13. The number of hydrogen-bond donors (Lipinski definition) is 1. The maximum Gasteiger partial charge on any atom is 0.433 e. The van der Waals surface area contributed by atoms with Gasteiger partial charge in [-0.1, -0.05) is 13.0 Å². The highest BCUT2D eigenvalue weighted by Gasteiger charge is 2.34. The summed E-state index contributed by atoms with van der Waals surface area (Å²) in [5.41, 5.74) is -1.24. The van der Waals surface area contributed by atoms with Gasteiger partial charge in [0.2, 0.25) is 0 Å². The van der Waals surface area contributed by atoms with Crippen molar-refractivity contribution in [2.45, 2.75) is 38.5 Å². The molecule has 1 aliphatic heterocycles. The molecule has 2 aromatic heterocycles. The van der Waals surface area contributed by atoms with Gasteiger partial charge in [-0.05, 0) is 24.0 Å². The van der Waals surface area contributed by atoms with Gasteiger partial charge in [0.25, 0.3) is 0 Å². The maximum atomic E-state index is 12.5. The van der Waals surface area contributed by atoms with Crippen molar-refractivity contribution in [1.82, 2.24) is 19.3 Å². The minimum absolute atomic E-state index is 0.0663. The van der Waals surface area contributed by atoms with Gasteiger partial charge in [-0.25, -0.2) is 14.3 Å². The molecule has 0 aromatic carbocycles. The number of carbonyl (C=O) groups is 1. The number of carboxylic acid groups (broad SMARTS) is 1. The Morgan fingerprint density at radius 3 is 2.68 bits per heavy atom. The van der Waals surface area contributed by atoms with Crippen LogP contribution < -0.4 is 5.69 Å². The van der Waals surface area contributed by atoms with E-state index < -0.39 is 29.6 Å². The maximum absolute atomic E-state index is 12.5. The minimum atomic E-state index is -4.53. The van der Waals surface area contributed by atoms with E-state index >= 15 is 0 Å². The number of nitrogens with zero attached hydrogens (tertiary/aromatic N) is 4. The van der Waals surface area contributed by atoms with Gasteiger partial charge >= 0.3 is 17.8 Å². The predicted octanol–water partition coefficient (Wildman–Crippen LogP) is 1.71. The summed E-state index contributed by atoms with van der Waals surface area (Å²) in [7, 11) is 0. The molecule has 2 aromatic rings. The van der Waals surface area contributed by atoms with Crippen LogP contribution in [0.2, 0.25) is 0 Å². The first kappa shape index (κ1) is 17.2. The van der Waals surface area contributed by atoms with Gasteiger partial charge in [-0.2, -0.15) is 18.3 Å². The Morgan fingerprint density at radius 1 is 1.40 bits per heavy atom. The Balaban J connectivity index is 1.91. The second kappa shape index (κ2) is 6.01. The van der Waals surface area contributed by atoms with E-state index in [0.717, 1.165) is 21.5 Å². The monoisotopic (exact) mass is 356 g/mol. The first-order valence-corrected chi connectivity index (χ1v) is 7.60. The molecular weight excluding hydrogens is 341 g/mol. The highest BCUT2D eigenvalue weighted by atomic mass is 19.4. The topological polar surface area (TPSA) is 90.0 Å². The summed E-state index contributed by atoms with van der Waals surface area (Å²) in [5, 5.41) is 13.5. The Hall–Kier alpha value is -2.65. The molecule has 0 amide bonds. The van der Waals surface area contributed by atoms with E-state index in [9.17, 15) is 27.9 Å². The lowest BCUT2D eigenvalue weighted by Gasteiger charge is -2.24. The average molecular weight is 356 g/mol. The molecule has 0 saturated heterocycles. The van der Waals surface area contributed by atoms with Gasteiger partial charge in [-0.3, -0.25) is 9.55 Å². The van der Waals surface area contributed by atoms with Crippen molar-refractivity contribution in [2.24, 2.45) is 5.92 Å². The van der Waals surface area contributed by atoms with Crippen molar-refractivity contribution in [2.75, 3.05) is 0 Å². The molecule has 2 atom stereocenters. The largest absolute Gasteiger partial charge is 0.480 e. The SMILES string of the molecule is CC1Cc2nn(Cc3ccc(C(F)(F)F)nc3)c(=O)n2C(C(=O)O)C1. The first-order chi connectivity index (χ1) is 11.7. The number of pyridine rings is 1. The molecule has 0 bridgehead atoms. The van der Waals surface area contributed by atoms with Crippen molar-refractivity contribution in [3.63, 3.8) is 0 Å². The van der Waals surface area contributed by atoms with Crippen LogP contribution in [0.15, 0.2) is 23.1 Å². The summed E-state index contributed by atoms with van der Waals surface area (Å²) in [5.74, 6) is -0.668. The van der Waals surface area contributed by atoms with Crippen LogP contribution >= 0.6 is 0 Å². The van der Waals surface area contributed by atoms with Crippen LogP contribution in [-0.2, 0) is 23.9 Å². The van der Waals surface area contributed by atoms with Crippen molar-refractivity contribution in [3.05, 3.63) is 45.9 Å². The van der Waals surface area contributed by atoms with Gasteiger partial charge in [-0.15, -0.1) is 0 Å². The molecule has 0 radical (unpaired) electrons. The number of carboxylic acids is 1. The second-order valence-corrected chi connectivity index (χ2v) is 6.17. The van der Waals surface area contributed by atoms with E-state index in [1.165, 1.54) is 6.07 Å². The fraction of sp³-hybridized carbons (Fsp3) is 0.467. The van der Waals surface area contributed by atoms with Crippen LogP contribution in [0, 0.1) is 5.92 Å². The quantitative estimate of drug-likeness (QED) is 0.904. The van der Waals surface area contributed by atoms with Gasteiger partial charge < -0.3 is 5.11 Å². The zero-order chi connectivity index (χ0) is 18.4. The fourth-order valence-corrected chi connectivity index (χ4v) is 2.97. The highest BCUT2D eigenvalue weighted by molar-refractivity contribution is 5.72. The Labute approximate surface area is 139 Å². The molecular formula is C15H15F3N4O3. The van der Waals surface area contributed by atoms with Gasteiger partial charge in [0.15, 0.2) is 0 Å². The third-order valence-corrected chi connectivity index (χ3v) is 4.14. The number of alkyl halides is 3. The second-order valence-electron chi connectivity index (χ2n) is 6.17.